The number of carboxylic acids is 1. The monoisotopic (exact) mass is 496 g/mol. The minimum Gasteiger partial charge on any atom is -0.477 e. The summed E-state index contributed by atoms with van der Waals surface area (Å²) in [6.45, 7) is 0. The quantitative estimate of drug-likeness (QED) is 0.508. The predicted molar refractivity (Wildman–Crippen MR) is 50.5 cm³/mol. The number of carbonyl (C=O) groups is 1. The summed E-state index contributed by atoms with van der Waals surface area (Å²) < 4.78 is 216. The minimum atomic E-state index is -8.04. The highest BCUT2D eigenvalue weighted by atomic mass is 19.4. The van der Waals surface area contributed by atoms with Gasteiger partial charge in [-0.15, -0.1) is 0 Å². The summed E-state index contributed by atoms with van der Waals surface area (Å²) in [5.41, 5.74) is 0. The maximum Gasteiger partial charge on any atom is 0.462 e. The summed E-state index contributed by atoms with van der Waals surface area (Å²) in [4.78, 5) is 10.1. The summed E-state index contributed by atoms with van der Waals surface area (Å²) in [5.74, 6) is -27.3. The van der Waals surface area contributed by atoms with Crippen molar-refractivity contribution in [3.8, 4) is 0 Å². The van der Waals surface area contributed by atoms with Crippen LogP contribution >= 0.6 is 0 Å². The Hall–Kier alpha value is -1.80. The van der Waals surface area contributed by atoms with Gasteiger partial charge in [-0.05, 0) is 0 Å². The van der Waals surface area contributed by atoms with Crippen LogP contribution in [-0.4, -0.2) is 59.5 Å². The zero-order valence-electron chi connectivity index (χ0n) is 12.6. The number of carboxylic acid groups (broad SMARTS) is 1. The molecule has 0 aromatic heterocycles. The van der Waals surface area contributed by atoms with Crippen LogP contribution in [0, 0.1) is 0 Å². The van der Waals surface area contributed by atoms with Crippen LogP contribution in [0.25, 0.3) is 0 Å². The van der Waals surface area contributed by atoms with Crippen LogP contribution in [0.1, 0.15) is 0 Å². The van der Waals surface area contributed by atoms with E-state index >= 15 is 0 Å². The number of hydrogen-bond donors (Lipinski definition) is 1. The first-order chi connectivity index (χ1) is 12.6. The van der Waals surface area contributed by atoms with Crippen molar-refractivity contribution >= 4 is 5.97 Å². The van der Waals surface area contributed by atoms with E-state index in [9.17, 15) is 79.4 Å². The summed E-state index contributed by atoms with van der Waals surface area (Å²) in [5, 5.41) is 7.87. The molecule has 1 N–H and O–H groups in total. The molecule has 4 nitrogen and oxygen atoms in total. The highest BCUT2D eigenvalue weighted by Gasteiger charge is 2.85. The fraction of sp³-hybridized carbons (Fsp3) is 0.889. The molecule has 0 radical (unpaired) electrons. The zero-order valence-corrected chi connectivity index (χ0v) is 12.6. The Balaban J connectivity index is 6.62. The molecule has 0 saturated carbocycles. The number of ether oxygens (including phenoxy) is 2. The van der Waals surface area contributed by atoms with Gasteiger partial charge in [0.1, 0.15) is 0 Å². The Labute approximate surface area is 150 Å². The van der Waals surface area contributed by atoms with Crippen LogP contribution in [-0.2, 0) is 14.3 Å². The molecule has 180 valence electrons. The van der Waals surface area contributed by atoms with Crippen molar-refractivity contribution in [2.75, 3.05) is 0 Å². The smallest absolute Gasteiger partial charge is 0.462 e. The van der Waals surface area contributed by atoms with Crippen molar-refractivity contribution < 1.29 is 94.0 Å². The van der Waals surface area contributed by atoms with E-state index in [1.54, 1.807) is 0 Å². The van der Waals surface area contributed by atoms with E-state index in [1.165, 1.54) is 4.74 Å². The van der Waals surface area contributed by atoms with Gasteiger partial charge in [-0.3, -0.25) is 4.74 Å². The molecule has 30 heavy (non-hydrogen) atoms. The van der Waals surface area contributed by atoms with E-state index in [-0.39, 0.29) is 0 Å². The third-order valence-corrected chi connectivity index (χ3v) is 2.64. The fourth-order valence-electron chi connectivity index (χ4n) is 1.15. The molecular weight excluding hydrogens is 495 g/mol. The lowest BCUT2D eigenvalue weighted by molar-refractivity contribution is -0.546. The fourth-order valence-corrected chi connectivity index (χ4v) is 1.15. The van der Waals surface area contributed by atoms with E-state index in [4.69, 9.17) is 5.11 Å². The van der Waals surface area contributed by atoms with Crippen LogP contribution in [0.2, 0.25) is 0 Å². The van der Waals surface area contributed by atoms with Crippen LogP contribution < -0.4 is 0 Å². The van der Waals surface area contributed by atoms with E-state index in [0.717, 1.165) is 4.74 Å². The highest BCUT2D eigenvalue weighted by Crippen LogP contribution is 2.56. The first-order valence-electron chi connectivity index (χ1n) is 5.96. The third-order valence-electron chi connectivity index (χ3n) is 2.64. The molecule has 0 aliphatic rings. The second-order valence-electron chi connectivity index (χ2n) is 4.80. The number of rotatable bonds is 7. The molecular formula is C9HF17O4. The number of halogens is 17. The molecule has 2 unspecified atom stereocenters. The minimum absolute atomic E-state index is 1.16. The van der Waals surface area contributed by atoms with Crippen molar-refractivity contribution in [3.63, 3.8) is 0 Å². The molecule has 0 spiro atoms. The van der Waals surface area contributed by atoms with Gasteiger partial charge in [0.25, 0.3) is 0 Å². The van der Waals surface area contributed by atoms with E-state index in [0.29, 0.717) is 0 Å². The van der Waals surface area contributed by atoms with Gasteiger partial charge in [0.2, 0.25) is 0 Å². The van der Waals surface area contributed by atoms with Crippen molar-refractivity contribution in [3.05, 3.63) is 0 Å². The lowest BCUT2D eigenvalue weighted by Gasteiger charge is -2.39. The Bertz CT molecular complexity index is 647. The van der Waals surface area contributed by atoms with Gasteiger partial charge in [0.05, 0.1) is 0 Å². The maximum absolute atomic E-state index is 13.6. The lowest BCUT2D eigenvalue weighted by atomic mass is 10.2. The number of alkyl halides is 17. The third kappa shape index (κ3) is 4.44. The highest BCUT2D eigenvalue weighted by molar-refractivity contribution is 5.76. The lowest BCUT2D eigenvalue weighted by Crippen LogP contribution is -2.68. The van der Waals surface area contributed by atoms with Gasteiger partial charge < -0.3 is 5.11 Å². The standard InChI is InChI=1S/C9HF17O4/c10-2(1(27)28,5(14,15)16)29-4(13,7(20,21)22)9(25,26)30-8(23,24)3(11,12)6(17,18)19/h(H,27,28). The second-order valence-corrected chi connectivity index (χ2v) is 4.80. The first kappa shape index (κ1) is 28.2. The molecule has 0 bridgehead atoms. The summed E-state index contributed by atoms with van der Waals surface area (Å²) in [6, 6.07) is 0. The van der Waals surface area contributed by atoms with Crippen molar-refractivity contribution in [1.29, 1.82) is 0 Å². The number of aliphatic carboxylic acids is 1. The molecule has 0 aromatic rings. The Morgan fingerprint density at radius 1 is 0.533 bits per heavy atom. The van der Waals surface area contributed by atoms with Gasteiger partial charge in [-0.2, -0.15) is 74.6 Å². The topological polar surface area (TPSA) is 55.8 Å². The largest absolute Gasteiger partial charge is 0.477 e. The average molecular weight is 496 g/mol. The summed E-state index contributed by atoms with van der Waals surface area (Å²) in [6.07, 6.45) is -38.7. The van der Waals surface area contributed by atoms with Gasteiger partial charge in [-0.1, -0.05) is 0 Å². The van der Waals surface area contributed by atoms with E-state index in [2.05, 4.69) is 0 Å². The van der Waals surface area contributed by atoms with Crippen LogP contribution in [0.4, 0.5) is 74.6 Å². The normalized spacial score (nSPS) is 19.2. The molecule has 0 rings (SSSR count). The first-order valence-corrected chi connectivity index (χ1v) is 5.96. The van der Waals surface area contributed by atoms with E-state index in [1.807, 2.05) is 0 Å². The Kier molecular flexibility index (Phi) is 6.70. The SMILES string of the molecule is O=C(O)C(F)(OC(F)(C(F)(F)F)C(F)(F)OC(F)(F)C(F)(F)C(F)(F)F)C(F)(F)F. The molecule has 0 aliphatic carbocycles. The molecule has 0 aromatic carbocycles. The molecule has 0 aliphatic heterocycles. The van der Waals surface area contributed by atoms with Crippen LogP contribution in [0.15, 0.2) is 0 Å². The predicted octanol–water partition coefficient (Wildman–Crippen LogP) is 4.94. The molecule has 21 heteroatoms. The second kappa shape index (κ2) is 7.12. The van der Waals surface area contributed by atoms with Gasteiger partial charge in [0.15, 0.2) is 0 Å². The summed E-state index contributed by atoms with van der Waals surface area (Å²) >= 11 is 0. The molecule has 0 amide bonds. The molecule has 0 saturated heterocycles. The average Bonchev–Trinajstić information content (AvgIpc) is 2.41. The van der Waals surface area contributed by atoms with Crippen LogP contribution in [0.5, 0.6) is 0 Å². The summed E-state index contributed by atoms with van der Waals surface area (Å²) in [7, 11) is 0. The molecule has 0 fully saturated rings. The van der Waals surface area contributed by atoms with Crippen molar-refractivity contribution in [2.45, 2.75) is 48.4 Å². The van der Waals surface area contributed by atoms with Crippen molar-refractivity contribution in [2.24, 2.45) is 0 Å². The Morgan fingerprint density at radius 3 is 1.13 bits per heavy atom. The van der Waals surface area contributed by atoms with Gasteiger partial charge in [0, 0.05) is 0 Å². The molecule has 2 atom stereocenters. The zero-order chi connectivity index (χ0) is 25.0. The maximum atomic E-state index is 13.6. The van der Waals surface area contributed by atoms with Crippen molar-refractivity contribution in [1.82, 2.24) is 0 Å². The number of hydrogen-bond acceptors (Lipinski definition) is 3. The van der Waals surface area contributed by atoms with E-state index < -0.39 is 54.3 Å². The molecule has 0 heterocycles. The Morgan fingerprint density at radius 2 is 0.900 bits per heavy atom. The van der Waals surface area contributed by atoms with Gasteiger partial charge in [-0.25, -0.2) is 9.53 Å². The van der Waals surface area contributed by atoms with Gasteiger partial charge >= 0.3 is 54.3 Å². The van der Waals surface area contributed by atoms with Crippen LogP contribution in [0.3, 0.4) is 0 Å².